The highest BCUT2D eigenvalue weighted by molar-refractivity contribution is 6.30. The molecule has 6 rings (SSSR count). The second kappa shape index (κ2) is 9.00. The maximum absolute atomic E-state index is 12.8. The number of carbonyl (C=O) groups excluding carboxylic acids is 1. The molecule has 5 aromatic rings. The molecule has 5 heterocycles. The predicted molar refractivity (Wildman–Crippen MR) is 140 cm³/mol. The van der Waals surface area contributed by atoms with Crippen molar-refractivity contribution in [2.24, 2.45) is 0 Å². The summed E-state index contributed by atoms with van der Waals surface area (Å²) in [6, 6.07) is 5.80. The van der Waals surface area contributed by atoms with Gasteiger partial charge in [-0.1, -0.05) is 17.7 Å². The van der Waals surface area contributed by atoms with Crippen molar-refractivity contribution in [2.75, 3.05) is 0 Å². The van der Waals surface area contributed by atoms with Gasteiger partial charge in [0.25, 0.3) is 5.91 Å². The fraction of sp³-hybridized carbons (Fsp3) is 0.333. The number of nitrogens with zero attached hydrogens (tertiary/aromatic N) is 6. The van der Waals surface area contributed by atoms with Crippen LogP contribution >= 0.6 is 11.6 Å². The average molecular weight is 518 g/mol. The van der Waals surface area contributed by atoms with E-state index in [1.165, 1.54) is 18.4 Å². The van der Waals surface area contributed by atoms with E-state index in [0.29, 0.717) is 29.5 Å². The fourth-order valence-electron chi connectivity index (χ4n) is 4.71. The summed E-state index contributed by atoms with van der Waals surface area (Å²) in [5, 5.41) is 18.3. The van der Waals surface area contributed by atoms with Crippen LogP contribution in [0.2, 0.25) is 5.02 Å². The Bertz CT molecular complexity index is 1620. The Hall–Kier alpha value is -3.69. The van der Waals surface area contributed by atoms with Gasteiger partial charge in [0.05, 0.1) is 53.7 Å². The van der Waals surface area contributed by atoms with E-state index in [4.69, 9.17) is 16.6 Å². The van der Waals surface area contributed by atoms with Gasteiger partial charge in [0.1, 0.15) is 5.65 Å². The van der Waals surface area contributed by atoms with Crippen LogP contribution in [0.25, 0.3) is 11.2 Å². The SMILES string of the molecule is CC(C)(O)Cc1cc(C2CC2)cn2cc(Cn3cc(C(=O)NCc4ncn5ccc(Cl)cc45)cn3)nc12. The van der Waals surface area contributed by atoms with Crippen LogP contribution in [0.5, 0.6) is 0 Å². The Kier molecular flexibility index (Phi) is 5.77. The number of halogens is 1. The number of pyridine rings is 2. The number of hydrogen-bond acceptors (Lipinski definition) is 5. The van der Waals surface area contributed by atoms with Crippen LogP contribution in [0, 0.1) is 0 Å². The molecule has 0 saturated heterocycles. The number of nitrogens with one attached hydrogen (secondary N) is 1. The first-order valence-electron chi connectivity index (χ1n) is 12.4. The van der Waals surface area contributed by atoms with E-state index in [1.807, 2.05) is 36.7 Å². The minimum Gasteiger partial charge on any atom is -0.390 e. The molecule has 9 nitrogen and oxygen atoms in total. The third-order valence-corrected chi connectivity index (χ3v) is 6.82. The predicted octanol–water partition coefficient (Wildman–Crippen LogP) is 4.00. The molecule has 1 fully saturated rings. The number of rotatable bonds is 8. The maximum Gasteiger partial charge on any atom is 0.254 e. The summed E-state index contributed by atoms with van der Waals surface area (Å²) in [6.45, 7) is 4.34. The third-order valence-electron chi connectivity index (χ3n) is 6.59. The molecule has 5 aromatic heterocycles. The van der Waals surface area contributed by atoms with Gasteiger partial charge < -0.3 is 19.2 Å². The monoisotopic (exact) mass is 517 g/mol. The quantitative estimate of drug-likeness (QED) is 0.324. The molecule has 190 valence electrons. The van der Waals surface area contributed by atoms with Crippen molar-refractivity contribution < 1.29 is 9.90 Å². The van der Waals surface area contributed by atoms with Gasteiger partial charge in [0.2, 0.25) is 0 Å². The molecule has 1 amide bonds. The molecule has 1 aliphatic rings. The molecule has 0 aliphatic heterocycles. The number of imidazole rings is 2. The fourth-order valence-corrected chi connectivity index (χ4v) is 4.87. The zero-order valence-corrected chi connectivity index (χ0v) is 21.5. The highest BCUT2D eigenvalue weighted by Gasteiger charge is 2.26. The van der Waals surface area contributed by atoms with Gasteiger partial charge in [0, 0.05) is 36.2 Å². The minimum atomic E-state index is -0.825. The third kappa shape index (κ3) is 5.10. The molecule has 0 bridgehead atoms. The molecule has 37 heavy (non-hydrogen) atoms. The van der Waals surface area contributed by atoms with E-state index in [1.54, 1.807) is 29.5 Å². The summed E-state index contributed by atoms with van der Waals surface area (Å²) in [4.78, 5) is 22.0. The van der Waals surface area contributed by atoms with Crippen LogP contribution in [-0.2, 0) is 19.5 Å². The minimum absolute atomic E-state index is 0.231. The van der Waals surface area contributed by atoms with Crippen molar-refractivity contribution >= 4 is 28.7 Å². The second-order valence-corrected chi connectivity index (χ2v) is 10.9. The van der Waals surface area contributed by atoms with Gasteiger partial charge in [-0.2, -0.15) is 5.10 Å². The molecule has 0 unspecified atom stereocenters. The van der Waals surface area contributed by atoms with Crippen LogP contribution in [-0.4, -0.2) is 45.2 Å². The highest BCUT2D eigenvalue weighted by atomic mass is 35.5. The molecule has 2 N–H and O–H groups in total. The highest BCUT2D eigenvalue weighted by Crippen LogP contribution is 2.40. The van der Waals surface area contributed by atoms with Crippen LogP contribution < -0.4 is 5.32 Å². The van der Waals surface area contributed by atoms with Gasteiger partial charge in [-0.25, -0.2) is 9.97 Å². The molecule has 0 atom stereocenters. The van der Waals surface area contributed by atoms with E-state index in [2.05, 4.69) is 32.1 Å². The lowest BCUT2D eigenvalue weighted by atomic mass is 9.98. The summed E-state index contributed by atoms with van der Waals surface area (Å²) in [5.41, 5.74) is 5.24. The second-order valence-electron chi connectivity index (χ2n) is 10.5. The van der Waals surface area contributed by atoms with Crippen molar-refractivity contribution in [3.63, 3.8) is 0 Å². The smallest absolute Gasteiger partial charge is 0.254 e. The molecule has 0 spiro atoms. The summed E-state index contributed by atoms with van der Waals surface area (Å²) in [7, 11) is 0. The van der Waals surface area contributed by atoms with E-state index in [0.717, 1.165) is 28.1 Å². The number of carbonyl (C=O) groups is 1. The Morgan fingerprint density at radius 2 is 2.05 bits per heavy atom. The largest absolute Gasteiger partial charge is 0.390 e. The maximum atomic E-state index is 12.8. The lowest BCUT2D eigenvalue weighted by molar-refractivity contribution is 0.0811. The molecular weight excluding hydrogens is 490 g/mol. The molecule has 0 radical (unpaired) electrons. The topological polar surface area (TPSA) is 102 Å². The number of aromatic nitrogens is 6. The summed E-state index contributed by atoms with van der Waals surface area (Å²) in [6.07, 6.45) is 13.9. The Balaban J connectivity index is 1.17. The van der Waals surface area contributed by atoms with Crippen molar-refractivity contribution in [2.45, 2.75) is 57.7 Å². The summed E-state index contributed by atoms with van der Waals surface area (Å²) >= 11 is 6.10. The average Bonchev–Trinajstić information content (AvgIpc) is 3.25. The normalized spacial score (nSPS) is 14.1. The van der Waals surface area contributed by atoms with Crippen molar-refractivity contribution in [3.05, 3.63) is 88.6 Å². The first-order valence-corrected chi connectivity index (χ1v) is 12.7. The summed E-state index contributed by atoms with van der Waals surface area (Å²) in [5.74, 6) is 0.367. The van der Waals surface area contributed by atoms with Crippen molar-refractivity contribution in [1.82, 2.24) is 33.9 Å². The number of hydrogen-bond donors (Lipinski definition) is 2. The Labute approximate surface area is 218 Å². The van der Waals surface area contributed by atoms with Gasteiger partial charge in [-0.05, 0) is 55.9 Å². The van der Waals surface area contributed by atoms with Gasteiger partial charge in [-0.15, -0.1) is 0 Å². The number of amides is 1. The first-order chi connectivity index (χ1) is 17.7. The van der Waals surface area contributed by atoms with Gasteiger partial charge >= 0.3 is 0 Å². The first kappa shape index (κ1) is 23.7. The Morgan fingerprint density at radius 3 is 2.84 bits per heavy atom. The lowest BCUT2D eigenvalue weighted by Crippen LogP contribution is -2.22. The van der Waals surface area contributed by atoms with E-state index in [9.17, 15) is 9.90 Å². The van der Waals surface area contributed by atoms with Gasteiger partial charge in [-0.3, -0.25) is 9.48 Å². The van der Waals surface area contributed by atoms with Gasteiger partial charge in [0.15, 0.2) is 0 Å². The van der Waals surface area contributed by atoms with E-state index in [-0.39, 0.29) is 12.5 Å². The lowest BCUT2D eigenvalue weighted by Gasteiger charge is -2.18. The molecule has 1 saturated carbocycles. The van der Waals surface area contributed by atoms with Crippen LogP contribution in [0.3, 0.4) is 0 Å². The molecule has 0 aromatic carbocycles. The molecular formula is C27H28ClN7O2. The molecule has 10 heteroatoms. The summed E-state index contributed by atoms with van der Waals surface area (Å²) < 4.78 is 5.63. The Morgan fingerprint density at radius 1 is 1.22 bits per heavy atom. The number of fused-ring (bicyclic) bond motifs is 2. The molecule has 1 aliphatic carbocycles. The van der Waals surface area contributed by atoms with Crippen LogP contribution in [0.4, 0.5) is 0 Å². The van der Waals surface area contributed by atoms with Crippen molar-refractivity contribution in [3.8, 4) is 0 Å². The van der Waals surface area contributed by atoms with Crippen LogP contribution in [0.1, 0.15) is 65.5 Å². The standard InChI is InChI=1S/C27H28ClN7O2/c1-27(2,37)9-18-7-19(17-3-4-17)12-34-14-22(32-25(18)34)15-35-13-20(10-31-35)26(36)29-11-23-24-8-21(28)5-6-33(24)16-30-23/h5-8,10,12-14,16-17,37H,3-4,9,11,15H2,1-2H3,(H,29,36). The van der Waals surface area contributed by atoms with E-state index >= 15 is 0 Å². The van der Waals surface area contributed by atoms with E-state index < -0.39 is 5.60 Å². The van der Waals surface area contributed by atoms with Crippen LogP contribution in [0.15, 0.2) is 55.5 Å². The van der Waals surface area contributed by atoms with Crippen molar-refractivity contribution in [1.29, 1.82) is 0 Å². The number of aliphatic hydroxyl groups is 1. The zero-order chi connectivity index (χ0) is 25.7. The zero-order valence-electron chi connectivity index (χ0n) is 20.7.